The Kier molecular flexibility index (Phi) is 2.74. The Morgan fingerprint density at radius 3 is 2.33 bits per heavy atom. The molecule has 0 aliphatic heterocycles. The SMILES string of the molecule is CC(C)CC(O)C1(C#N)CCC1. The van der Waals surface area contributed by atoms with Crippen molar-refractivity contribution in [2.45, 2.75) is 45.6 Å². The second-order valence-corrected chi connectivity index (χ2v) is 4.27. The van der Waals surface area contributed by atoms with Crippen LogP contribution in [-0.4, -0.2) is 11.2 Å². The second kappa shape index (κ2) is 3.45. The van der Waals surface area contributed by atoms with Gasteiger partial charge in [0.05, 0.1) is 17.6 Å². The molecule has 2 nitrogen and oxygen atoms in total. The summed E-state index contributed by atoms with van der Waals surface area (Å²) >= 11 is 0. The lowest BCUT2D eigenvalue weighted by molar-refractivity contribution is -0.00356. The Morgan fingerprint density at radius 1 is 1.50 bits per heavy atom. The zero-order valence-electron chi connectivity index (χ0n) is 7.88. The van der Waals surface area contributed by atoms with Crippen LogP contribution in [0.3, 0.4) is 0 Å². The molecule has 1 atom stereocenters. The zero-order valence-corrected chi connectivity index (χ0v) is 7.88. The molecular weight excluding hydrogens is 150 g/mol. The predicted octanol–water partition coefficient (Wildman–Crippen LogP) is 2.09. The van der Waals surface area contributed by atoms with E-state index in [2.05, 4.69) is 19.9 Å². The fourth-order valence-corrected chi connectivity index (χ4v) is 1.75. The number of nitriles is 1. The summed E-state index contributed by atoms with van der Waals surface area (Å²) in [4.78, 5) is 0. The molecule has 1 saturated carbocycles. The van der Waals surface area contributed by atoms with E-state index in [1.165, 1.54) is 0 Å². The Labute approximate surface area is 74.2 Å². The van der Waals surface area contributed by atoms with Gasteiger partial charge in [-0.2, -0.15) is 5.26 Å². The average molecular weight is 167 g/mol. The molecule has 0 amide bonds. The largest absolute Gasteiger partial charge is 0.391 e. The van der Waals surface area contributed by atoms with E-state index in [0.717, 1.165) is 25.7 Å². The second-order valence-electron chi connectivity index (χ2n) is 4.27. The highest BCUT2D eigenvalue weighted by atomic mass is 16.3. The molecule has 0 aromatic rings. The van der Waals surface area contributed by atoms with Crippen molar-refractivity contribution in [3.05, 3.63) is 0 Å². The first-order valence-corrected chi connectivity index (χ1v) is 4.70. The van der Waals surface area contributed by atoms with Gasteiger partial charge in [-0.05, 0) is 25.2 Å². The summed E-state index contributed by atoms with van der Waals surface area (Å²) in [5.41, 5.74) is -0.385. The van der Waals surface area contributed by atoms with E-state index in [1.807, 2.05) is 0 Å². The number of hydrogen-bond donors (Lipinski definition) is 1. The molecule has 0 radical (unpaired) electrons. The molecule has 1 unspecified atom stereocenters. The van der Waals surface area contributed by atoms with Crippen LogP contribution in [0.25, 0.3) is 0 Å². The van der Waals surface area contributed by atoms with Gasteiger partial charge < -0.3 is 5.11 Å². The van der Waals surface area contributed by atoms with E-state index in [-0.39, 0.29) is 5.41 Å². The van der Waals surface area contributed by atoms with Crippen LogP contribution in [0.4, 0.5) is 0 Å². The van der Waals surface area contributed by atoms with Crippen LogP contribution in [0.15, 0.2) is 0 Å². The molecule has 1 rings (SSSR count). The minimum Gasteiger partial charge on any atom is -0.391 e. The number of nitrogens with zero attached hydrogens (tertiary/aromatic N) is 1. The third kappa shape index (κ3) is 1.61. The summed E-state index contributed by atoms with van der Waals surface area (Å²) in [5.74, 6) is 0.478. The van der Waals surface area contributed by atoms with Gasteiger partial charge in [0, 0.05) is 0 Å². The zero-order chi connectivity index (χ0) is 9.19. The van der Waals surface area contributed by atoms with Crippen molar-refractivity contribution in [3.63, 3.8) is 0 Å². The number of aliphatic hydroxyl groups excluding tert-OH is 1. The molecule has 68 valence electrons. The maximum atomic E-state index is 9.77. The molecule has 0 spiro atoms. The smallest absolute Gasteiger partial charge is 0.0832 e. The first-order chi connectivity index (χ1) is 5.60. The maximum Gasteiger partial charge on any atom is 0.0832 e. The molecule has 1 N–H and O–H groups in total. The van der Waals surface area contributed by atoms with Gasteiger partial charge in [-0.15, -0.1) is 0 Å². The van der Waals surface area contributed by atoms with Crippen LogP contribution in [0.2, 0.25) is 0 Å². The van der Waals surface area contributed by atoms with Gasteiger partial charge in [-0.1, -0.05) is 20.3 Å². The number of hydrogen-bond acceptors (Lipinski definition) is 2. The third-order valence-electron chi connectivity index (χ3n) is 2.80. The van der Waals surface area contributed by atoms with E-state index in [9.17, 15) is 5.11 Å². The predicted molar refractivity (Wildman–Crippen MR) is 47.4 cm³/mol. The maximum absolute atomic E-state index is 9.77. The number of aliphatic hydroxyl groups is 1. The van der Waals surface area contributed by atoms with Crippen LogP contribution in [0.1, 0.15) is 39.5 Å². The Bertz CT molecular complexity index is 189. The van der Waals surface area contributed by atoms with Crippen LogP contribution in [0.5, 0.6) is 0 Å². The fraction of sp³-hybridized carbons (Fsp3) is 0.900. The summed E-state index contributed by atoms with van der Waals surface area (Å²) < 4.78 is 0. The summed E-state index contributed by atoms with van der Waals surface area (Å²) in [6, 6.07) is 2.27. The van der Waals surface area contributed by atoms with E-state index in [1.54, 1.807) is 0 Å². The van der Waals surface area contributed by atoms with Crippen LogP contribution < -0.4 is 0 Å². The minimum atomic E-state index is -0.406. The molecule has 0 heterocycles. The normalized spacial score (nSPS) is 22.9. The van der Waals surface area contributed by atoms with Gasteiger partial charge in [0.1, 0.15) is 0 Å². The standard InChI is InChI=1S/C10H17NO/c1-8(2)6-9(12)10(7-11)4-3-5-10/h8-9,12H,3-6H2,1-2H3. The van der Waals surface area contributed by atoms with Gasteiger partial charge in [0.15, 0.2) is 0 Å². The van der Waals surface area contributed by atoms with E-state index in [0.29, 0.717) is 5.92 Å². The Morgan fingerprint density at radius 2 is 2.08 bits per heavy atom. The summed E-state index contributed by atoms with van der Waals surface area (Å²) in [6.07, 6.45) is 3.22. The average Bonchev–Trinajstić information content (AvgIpc) is 1.83. The van der Waals surface area contributed by atoms with E-state index < -0.39 is 6.10 Å². The molecule has 2 heteroatoms. The molecular formula is C10H17NO. The van der Waals surface area contributed by atoms with Crippen molar-refractivity contribution >= 4 is 0 Å². The monoisotopic (exact) mass is 167 g/mol. The number of rotatable bonds is 3. The lowest BCUT2D eigenvalue weighted by atomic mass is 9.65. The Hall–Kier alpha value is -0.550. The van der Waals surface area contributed by atoms with Crippen molar-refractivity contribution in [1.29, 1.82) is 5.26 Å². The first kappa shape index (κ1) is 9.54. The molecule has 0 bridgehead atoms. The van der Waals surface area contributed by atoms with E-state index >= 15 is 0 Å². The Balaban J connectivity index is 2.50. The van der Waals surface area contributed by atoms with Gasteiger partial charge in [0.2, 0.25) is 0 Å². The molecule has 0 saturated heterocycles. The van der Waals surface area contributed by atoms with Crippen molar-refractivity contribution in [2.24, 2.45) is 11.3 Å². The van der Waals surface area contributed by atoms with Crippen LogP contribution >= 0.6 is 0 Å². The van der Waals surface area contributed by atoms with Crippen molar-refractivity contribution < 1.29 is 5.11 Å². The summed E-state index contributed by atoms with van der Waals surface area (Å²) in [6.45, 7) is 4.15. The highest BCUT2D eigenvalue weighted by Gasteiger charge is 2.43. The topological polar surface area (TPSA) is 44.0 Å². The van der Waals surface area contributed by atoms with Crippen molar-refractivity contribution in [2.75, 3.05) is 0 Å². The molecule has 0 aromatic heterocycles. The van der Waals surface area contributed by atoms with Crippen molar-refractivity contribution in [3.8, 4) is 6.07 Å². The summed E-state index contributed by atoms with van der Waals surface area (Å²) in [5, 5.41) is 18.7. The lowest BCUT2D eigenvalue weighted by Gasteiger charge is -2.39. The van der Waals surface area contributed by atoms with Crippen LogP contribution in [0, 0.1) is 22.7 Å². The van der Waals surface area contributed by atoms with Crippen LogP contribution in [-0.2, 0) is 0 Å². The molecule has 1 aliphatic carbocycles. The summed E-state index contributed by atoms with van der Waals surface area (Å²) in [7, 11) is 0. The molecule has 1 fully saturated rings. The highest BCUT2D eigenvalue weighted by molar-refractivity contribution is 5.08. The fourth-order valence-electron chi connectivity index (χ4n) is 1.75. The first-order valence-electron chi connectivity index (χ1n) is 4.70. The van der Waals surface area contributed by atoms with Gasteiger partial charge in [0.25, 0.3) is 0 Å². The third-order valence-corrected chi connectivity index (χ3v) is 2.80. The molecule has 1 aliphatic rings. The van der Waals surface area contributed by atoms with E-state index in [4.69, 9.17) is 5.26 Å². The van der Waals surface area contributed by atoms with Gasteiger partial charge in [-0.3, -0.25) is 0 Å². The van der Waals surface area contributed by atoms with Crippen molar-refractivity contribution in [1.82, 2.24) is 0 Å². The minimum absolute atomic E-state index is 0.385. The lowest BCUT2D eigenvalue weighted by Crippen LogP contribution is -2.40. The molecule has 0 aromatic carbocycles. The van der Waals surface area contributed by atoms with Gasteiger partial charge in [-0.25, -0.2) is 0 Å². The molecule has 12 heavy (non-hydrogen) atoms. The highest BCUT2D eigenvalue weighted by Crippen LogP contribution is 2.44. The van der Waals surface area contributed by atoms with Gasteiger partial charge >= 0.3 is 0 Å². The quantitative estimate of drug-likeness (QED) is 0.699.